The first kappa shape index (κ1) is 21.3. The second-order valence-electron chi connectivity index (χ2n) is 8.88. The molecule has 1 amide bonds. The van der Waals surface area contributed by atoms with E-state index in [1.165, 1.54) is 0 Å². The Morgan fingerprint density at radius 2 is 2.00 bits per heavy atom. The number of carbonyl (C=O) groups is 1. The number of nitrogens with zero attached hydrogens (tertiary/aromatic N) is 4. The minimum atomic E-state index is 0.120. The van der Waals surface area contributed by atoms with Crippen LogP contribution in [0.4, 0.5) is 11.5 Å². The minimum absolute atomic E-state index is 0.120. The first-order valence-corrected chi connectivity index (χ1v) is 11.8. The molecule has 1 aliphatic heterocycles. The van der Waals surface area contributed by atoms with Crippen LogP contribution in [0.3, 0.4) is 0 Å². The molecule has 1 aromatic carbocycles. The quantitative estimate of drug-likeness (QED) is 0.525. The van der Waals surface area contributed by atoms with Gasteiger partial charge < -0.3 is 10.2 Å². The van der Waals surface area contributed by atoms with E-state index >= 15 is 0 Å². The molecule has 0 saturated carbocycles. The van der Waals surface area contributed by atoms with Crippen molar-refractivity contribution in [3.05, 3.63) is 78.9 Å². The summed E-state index contributed by atoms with van der Waals surface area (Å²) in [4.78, 5) is 29.0. The van der Waals surface area contributed by atoms with Crippen molar-refractivity contribution < 1.29 is 4.79 Å². The van der Waals surface area contributed by atoms with Crippen molar-refractivity contribution in [1.82, 2.24) is 19.9 Å². The number of rotatable bonds is 6. The number of amides is 1. The number of hydrogen-bond donors (Lipinski definition) is 1. The molecule has 5 rings (SSSR count). The number of pyridine rings is 1. The van der Waals surface area contributed by atoms with E-state index in [-0.39, 0.29) is 11.8 Å². The lowest BCUT2D eigenvalue weighted by Crippen LogP contribution is -2.40. The van der Waals surface area contributed by atoms with Gasteiger partial charge in [0.15, 0.2) is 0 Å². The van der Waals surface area contributed by atoms with Crippen LogP contribution in [0.1, 0.15) is 43.8 Å². The minimum Gasteiger partial charge on any atom is -0.342 e. The fourth-order valence-electron chi connectivity index (χ4n) is 4.68. The predicted octanol–water partition coefficient (Wildman–Crippen LogP) is 5.34. The molecule has 0 bridgehead atoms. The van der Waals surface area contributed by atoms with Crippen LogP contribution in [-0.4, -0.2) is 38.8 Å². The standard InChI is InChI=1S/C27H29N5O/c33-26(16-20-8-4-5-9-20)32-15-7-11-22(19-32)27-30-24(21-10-6-14-28-18-21)17-25(31-27)29-23-12-2-1-3-13-23/h1-4,6,8,10,12-14,17-18,20,22H,5,7,9,11,15-16,19H2,(H,29,30,31)/t20-,22-/m1/s1. The second kappa shape index (κ2) is 9.94. The van der Waals surface area contributed by atoms with Crippen molar-refractivity contribution in [1.29, 1.82) is 0 Å². The van der Waals surface area contributed by atoms with E-state index in [0.29, 0.717) is 18.9 Å². The summed E-state index contributed by atoms with van der Waals surface area (Å²) in [5.41, 5.74) is 2.77. The molecule has 168 valence electrons. The summed E-state index contributed by atoms with van der Waals surface area (Å²) >= 11 is 0. The van der Waals surface area contributed by atoms with Crippen LogP contribution >= 0.6 is 0 Å². The van der Waals surface area contributed by atoms with Gasteiger partial charge in [0.05, 0.1) is 5.69 Å². The van der Waals surface area contributed by atoms with Crippen LogP contribution in [-0.2, 0) is 4.79 Å². The van der Waals surface area contributed by atoms with Gasteiger partial charge in [-0.15, -0.1) is 0 Å². The first-order chi connectivity index (χ1) is 16.2. The van der Waals surface area contributed by atoms with Gasteiger partial charge >= 0.3 is 0 Å². The highest BCUT2D eigenvalue weighted by Crippen LogP contribution is 2.30. The van der Waals surface area contributed by atoms with Crippen molar-refractivity contribution in [3.8, 4) is 11.3 Å². The van der Waals surface area contributed by atoms with Gasteiger partial charge in [-0.3, -0.25) is 9.78 Å². The van der Waals surface area contributed by atoms with Crippen LogP contribution in [0.15, 0.2) is 73.1 Å². The fraction of sp³-hybridized carbons (Fsp3) is 0.333. The average molecular weight is 440 g/mol. The predicted molar refractivity (Wildman–Crippen MR) is 130 cm³/mol. The van der Waals surface area contributed by atoms with E-state index in [4.69, 9.17) is 9.97 Å². The first-order valence-electron chi connectivity index (χ1n) is 11.8. The van der Waals surface area contributed by atoms with E-state index in [9.17, 15) is 4.79 Å². The normalized spacial score (nSPS) is 20.1. The Kier molecular flexibility index (Phi) is 6.42. The van der Waals surface area contributed by atoms with Crippen LogP contribution in [0.2, 0.25) is 0 Å². The van der Waals surface area contributed by atoms with Crippen LogP contribution in [0.25, 0.3) is 11.3 Å². The maximum Gasteiger partial charge on any atom is 0.223 e. The second-order valence-corrected chi connectivity index (χ2v) is 8.88. The van der Waals surface area contributed by atoms with Crippen molar-refractivity contribution in [3.63, 3.8) is 0 Å². The van der Waals surface area contributed by atoms with E-state index in [1.807, 2.05) is 59.6 Å². The number of benzene rings is 1. The van der Waals surface area contributed by atoms with E-state index in [1.54, 1.807) is 6.20 Å². The van der Waals surface area contributed by atoms with Crippen molar-refractivity contribution in [2.24, 2.45) is 5.92 Å². The number of nitrogens with one attached hydrogen (secondary N) is 1. The van der Waals surface area contributed by atoms with Crippen LogP contribution < -0.4 is 5.32 Å². The zero-order valence-electron chi connectivity index (χ0n) is 18.7. The van der Waals surface area contributed by atoms with Gasteiger partial charge in [0.1, 0.15) is 11.6 Å². The summed E-state index contributed by atoms with van der Waals surface area (Å²) in [5.74, 6) is 2.31. The number of allylic oxidation sites excluding steroid dienone is 2. The molecule has 3 heterocycles. The molecule has 6 nitrogen and oxygen atoms in total. The number of carbonyl (C=O) groups excluding carboxylic acids is 1. The van der Waals surface area contributed by atoms with Crippen LogP contribution in [0, 0.1) is 5.92 Å². The zero-order valence-corrected chi connectivity index (χ0v) is 18.7. The molecular formula is C27H29N5O. The van der Waals surface area contributed by atoms with Gasteiger partial charge in [0.2, 0.25) is 5.91 Å². The summed E-state index contributed by atoms with van der Waals surface area (Å²) in [5, 5.41) is 3.42. The lowest BCUT2D eigenvalue weighted by atomic mass is 9.95. The average Bonchev–Trinajstić information content (AvgIpc) is 3.38. The number of piperidine rings is 1. The summed E-state index contributed by atoms with van der Waals surface area (Å²) in [6.07, 6.45) is 12.7. The molecule has 1 saturated heterocycles. The molecule has 0 unspecified atom stereocenters. The molecule has 0 spiro atoms. The maximum atomic E-state index is 13.0. The van der Waals surface area contributed by atoms with Gasteiger partial charge in [-0.2, -0.15) is 0 Å². The van der Waals surface area contributed by atoms with Gasteiger partial charge in [-0.25, -0.2) is 9.97 Å². The molecule has 2 aliphatic rings. The number of likely N-dealkylation sites (tertiary alicyclic amines) is 1. The molecule has 6 heteroatoms. The van der Waals surface area contributed by atoms with Gasteiger partial charge in [-0.1, -0.05) is 30.4 Å². The lowest BCUT2D eigenvalue weighted by molar-refractivity contribution is -0.133. The largest absolute Gasteiger partial charge is 0.342 e. The number of para-hydroxylation sites is 1. The fourth-order valence-corrected chi connectivity index (χ4v) is 4.68. The number of hydrogen-bond acceptors (Lipinski definition) is 5. The third kappa shape index (κ3) is 5.28. The van der Waals surface area contributed by atoms with Crippen molar-refractivity contribution >= 4 is 17.4 Å². The molecular weight excluding hydrogens is 410 g/mol. The van der Waals surface area contributed by atoms with Gasteiger partial charge in [0.25, 0.3) is 0 Å². The molecule has 0 radical (unpaired) electrons. The SMILES string of the molecule is O=C(C[C@@H]1C=CCC1)N1CCC[C@@H](c2nc(Nc3ccccc3)cc(-c3cccnc3)n2)C1. The van der Waals surface area contributed by atoms with Crippen molar-refractivity contribution in [2.45, 2.75) is 38.0 Å². The third-order valence-corrected chi connectivity index (χ3v) is 6.44. The Balaban J connectivity index is 1.40. The topological polar surface area (TPSA) is 71.0 Å². The highest BCUT2D eigenvalue weighted by molar-refractivity contribution is 5.77. The van der Waals surface area contributed by atoms with Gasteiger partial charge in [0, 0.05) is 55.1 Å². The Labute approximate surface area is 194 Å². The highest BCUT2D eigenvalue weighted by atomic mass is 16.2. The molecule has 3 aromatic rings. The Bertz CT molecular complexity index is 1120. The Morgan fingerprint density at radius 1 is 1.09 bits per heavy atom. The van der Waals surface area contributed by atoms with Crippen molar-refractivity contribution in [2.75, 3.05) is 18.4 Å². The number of aromatic nitrogens is 3. The van der Waals surface area contributed by atoms with Crippen LogP contribution in [0.5, 0.6) is 0 Å². The molecule has 1 fully saturated rings. The van der Waals surface area contributed by atoms with Gasteiger partial charge in [-0.05, 0) is 55.9 Å². The summed E-state index contributed by atoms with van der Waals surface area (Å²) in [7, 11) is 0. The zero-order chi connectivity index (χ0) is 22.5. The Hall–Kier alpha value is -3.54. The van der Waals surface area contributed by atoms with E-state index in [0.717, 1.165) is 60.8 Å². The molecule has 1 N–H and O–H groups in total. The molecule has 1 aliphatic carbocycles. The molecule has 33 heavy (non-hydrogen) atoms. The van der Waals surface area contributed by atoms with E-state index in [2.05, 4.69) is 22.5 Å². The Morgan fingerprint density at radius 3 is 2.79 bits per heavy atom. The summed E-state index contributed by atoms with van der Waals surface area (Å²) < 4.78 is 0. The number of anilines is 2. The monoisotopic (exact) mass is 439 g/mol. The summed E-state index contributed by atoms with van der Waals surface area (Å²) in [6.45, 7) is 1.50. The maximum absolute atomic E-state index is 13.0. The molecule has 2 aromatic heterocycles. The van der Waals surface area contributed by atoms with E-state index < -0.39 is 0 Å². The summed E-state index contributed by atoms with van der Waals surface area (Å²) in [6, 6.07) is 15.9. The highest BCUT2D eigenvalue weighted by Gasteiger charge is 2.28. The third-order valence-electron chi connectivity index (χ3n) is 6.44. The smallest absolute Gasteiger partial charge is 0.223 e. The lowest BCUT2D eigenvalue weighted by Gasteiger charge is -2.33. The molecule has 2 atom stereocenters.